The quantitative estimate of drug-likeness (QED) is 0.693. The topological polar surface area (TPSA) is 52.2 Å². The van der Waals surface area contributed by atoms with Crippen molar-refractivity contribution in [3.8, 4) is 0 Å². The summed E-state index contributed by atoms with van der Waals surface area (Å²) < 4.78 is 1.33. The molecular weight excluding hydrogens is 483 g/mol. The second kappa shape index (κ2) is 7.74. The highest BCUT2D eigenvalue weighted by Gasteiger charge is 2.26. The van der Waals surface area contributed by atoms with E-state index in [1.807, 2.05) is 23.1 Å². The number of benzene rings is 1. The molecule has 1 aliphatic rings. The number of piperazine rings is 1. The molecule has 128 valence electrons. The van der Waals surface area contributed by atoms with Gasteiger partial charge in [0.15, 0.2) is 5.69 Å². The number of hydrogen-bond donors (Lipinski definition) is 1. The van der Waals surface area contributed by atoms with Crippen LogP contribution in [0.1, 0.15) is 16.1 Å². The molecule has 0 bridgehead atoms. The number of carbonyl (C=O) groups excluding carboxylic acids is 1. The number of halogens is 4. The van der Waals surface area contributed by atoms with Gasteiger partial charge in [-0.1, -0.05) is 29.3 Å². The lowest BCUT2D eigenvalue weighted by molar-refractivity contribution is 0.0622. The Morgan fingerprint density at radius 3 is 2.46 bits per heavy atom. The average Bonchev–Trinajstić information content (AvgIpc) is 2.90. The van der Waals surface area contributed by atoms with Crippen LogP contribution in [0.2, 0.25) is 10.0 Å². The van der Waals surface area contributed by atoms with Crippen molar-refractivity contribution in [3.05, 3.63) is 48.6 Å². The number of H-pyrrole nitrogens is 1. The van der Waals surface area contributed by atoms with Crippen LogP contribution in [0.5, 0.6) is 0 Å². The number of rotatable bonds is 3. The van der Waals surface area contributed by atoms with Crippen LogP contribution in [0.3, 0.4) is 0 Å². The van der Waals surface area contributed by atoms with Crippen molar-refractivity contribution >= 4 is 61.0 Å². The van der Waals surface area contributed by atoms with Gasteiger partial charge in [0.1, 0.15) is 4.60 Å². The molecule has 1 aliphatic heterocycles. The molecule has 1 saturated heterocycles. The van der Waals surface area contributed by atoms with Crippen molar-refractivity contribution < 1.29 is 4.79 Å². The monoisotopic (exact) mass is 494 g/mol. The molecule has 0 radical (unpaired) electrons. The molecule has 1 aromatic carbocycles. The van der Waals surface area contributed by atoms with Gasteiger partial charge >= 0.3 is 0 Å². The molecule has 0 saturated carbocycles. The van der Waals surface area contributed by atoms with Gasteiger partial charge in [0, 0.05) is 32.7 Å². The molecule has 1 aromatic heterocycles. The lowest BCUT2D eigenvalue weighted by Gasteiger charge is -2.34. The van der Waals surface area contributed by atoms with Crippen molar-refractivity contribution in [2.24, 2.45) is 0 Å². The first-order chi connectivity index (χ1) is 11.5. The molecule has 5 nitrogen and oxygen atoms in total. The Morgan fingerprint density at radius 1 is 1.17 bits per heavy atom. The summed E-state index contributed by atoms with van der Waals surface area (Å²) >= 11 is 18.7. The van der Waals surface area contributed by atoms with Gasteiger partial charge in [-0.25, -0.2) is 0 Å². The van der Waals surface area contributed by atoms with E-state index in [-0.39, 0.29) is 5.91 Å². The Labute approximate surface area is 166 Å². The average molecular weight is 497 g/mol. The normalized spacial score (nSPS) is 15.8. The molecule has 0 unspecified atom stereocenters. The number of nitrogens with zero attached hydrogens (tertiary/aromatic N) is 3. The first-order valence-corrected chi connectivity index (χ1v) is 9.65. The zero-order valence-electron chi connectivity index (χ0n) is 12.5. The van der Waals surface area contributed by atoms with E-state index in [1.54, 1.807) is 0 Å². The SMILES string of the molecule is O=C(c1n[nH]c(Br)c1Br)N1CCN(Cc2ccc(Cl)c(Cl)c2)CC1. The maximum Gasteiger partial charge on any atom is 0.275 e. The predicted octanol–water partition coefficient (Wildman–Crippen LogP) is 4.20. The van der Waals surface area contributed by atoms with Gasteiger partial charge in [-0.3, -0.25) is 14.8 Å². The fraction of sp³-hybridized carbons (Fsp3) is 0.333. The van der Waals surface area contributed by atoms with Gasteiger partial charge in [-0.2, -0.15) is 5.10 Å². The number of hydrogen-bond acceptors (Lipinski definition) is 3. The second-order valence-electron chi connectivity index (χ2n) is 5.52. The molecule has 9 heteroatoms. The summed E-state index contributed by atoms with van der Waals surface area (Å²) in [6.45, 7) is 3.72. The van der Waals surface area contributed by atoms with Crippen LogP contribution in [-0.4, -0.2) is 52.1 Å². The van der Waals surface area contributed by atoms with E-state index < -0.39 is 0 Å². The third-order valence-electron chi connectivity index (χ3n) is 3.92. The van der Waals surface area contributed by atoms with E-state index in [2.05, 4.69) is 47.0 Å². The van der Waals surface area contributed by atoms with E-state index in [0.717, 1.165) is 25.2 Å². The highest BCUT2D eigenvalue weighted by Crippen LogP contribution is 2.26. The van der Waals surface area contributed by atoms with Gasteiger partial charge in [0.05, 0.1) is 14.5 Å². The molecule has 1 N–H and O–H groups in total. The number of aromatic amines is 1. The third-order valence-corrected chi connectivity index (χ3v) is 6.54. The van der Waals surface area contributed by atoms with E-state index in [1.165, 1.54) is 0 Å². The lowest BCUT2D eigenvalue weighted by atomic mass is 10.2. The molecule has 1 fully saturated rings. The van der Waals surface area contributed by atoms with Crippen LogP contribution in [0, 0.1) is 0 Å². The van der Waals surface area contributed by atoms with Crippen LogP contribution in [0.4, 0.5) is 0 Å². The molecule has 3 rings (SSSR count). The van der Waals surface area contributed by atoms with Crippen LogP contribution in [0.15, 0.2) is 27.3 Å². The fourth-order valence-electron chi connectivity index (χ4n) is 2.60. The van der Waals surface area contributed by atoms with E-state index in [4.69, 9.17) is 23.2 Å². The summed E-state index contributed by atoms with van der Waals surface area (Å²) in [6.07, 6.45) is 0. The Balaban J connectivity index is 1.58. The van der Waals surface area contributed by atoms with Crippen molar-refractivity contribution in [1.82, 2.24) is 20.0 Å². The standard InChI is InChI=1S/C15H14Br2Cl2N4O/c16-12-13(20-21-14(12)17)15(24)23-5-3-22(4-6-23)8-9-1-2-10(18)11(19)7-9/h1-2,7H,3-6,8H2,(H,20,21). The first kappa shape index (κ1) is 18.2. The minimum atomic E-state index is -0.0713. The molecule has 1 amide bonds. The maximum absolute atomic E-state index is 12.5. The number of carbonyl (C=O) groups is 1. The maximum atomic E-state index is 12.5. The summed E-state index contributed by atoms with van der Waals surface area (Å²) in [5.41, 5.74) is 1.52. The van der Waals surface area contributed by atoms with Crippen molar-refractivity contribution in [2.45, 2.75) is 6.54 Å². The molecular formula is C15H14Br2Cl2N4O. The zero-order chi connectivity index (χ0) is 17.3. The van der Waals surface area contributed by atoms with Gasteiger partial charge in [-0.15, -0.1) is 0 Å². The molecule has 0 atom stereocenters. The molecule has 0 aliphatic carbocycles. The molecule has 0 spiro atoms. The molecule has 2 aromatic rings. The van der Waals surface area contributed by atoms with Crippen LogP contribution < -0.4 is 0 Å². The van der Waals surface area contributed by atoms with Gasteiger partial charge in [-0.05, 0) is 49.6 Å². The van der Waals surface area contributed by atoms with Crippen molar-refractivity contribution in [1.29, 1.82) is 0 Å². The van der Waals surface area contributed by atoms with E-state index in [0.29, 0.717) is 37.9 Å². The Kier molecular flexibility index (Phi) is 5.87. The highest BCUT2D eigenvalue weighted by atomic mass is 79.9. The van der Waals surface area contributed by atoms with Gasteiger partial charge in [0.2, 0.25) is 0 Å². The molecule has 24 heavy (non-hydrogen) atoms. The predicted molar refractivity (Wildman–Crippen MR) is 102 cm³/mol. The summed E-state index contributed by atoms with van der Waals surface area (Å²) in [7, 11) is 0. The van der Waals surface area contributed by atoms with Gasteiger partial charge < -0.3 is 4.90 Å². The van der Waals surface area contributed by atoms with Crippen LogP contribution in [-0.2, 0) is 6.54 Å². The van der Waals surface area contributed by atoms with E-state index in [9.17, 15) is 4.79 Å². The van der Waals surface area contributed by atoms with Crippen LogP contribution >= 0.6 is 55.1 Å². The lowest BCUT2D eigenvalue weighted by Crippen LogP contribution is -2.48. The Morgan fingerprint density at radius 2 is 1.88 bits per heavy atom. The first-order valence-electron chi connectivity index (χ1n) is 7.30. The fourth-order valence-corrected chi connectivity index (χ4v) is 3.55. The number of aromatic nitrogens is 2. The van der Waals surface area contributed by atoms with Crippen LogP contribution in [0.25, 0.3) is 0 Å². The smallest absolute Gasteiger partial charge is 0.275 e. The molecule has 2 heterocycles. The summed E-state index contributed by atoms with van der Waals surface area (Å²) in [4.78, 5) is 16.6. The van der Waals surface area contributed by atoms with E-state index >= 15 is 0 Å². The minimum Gasteiger partial charge on any atom is -0.335 e. The van der Waals surface area contributed by atoms with Gasteiger partial charge in [0.25, 0.3) is 5.91 Å². The van der Waals surface area contributed by atoms with Crippen molar-refractivity contribution in [2.75, 3.05) is 26.2 Å². The third kappa shape index (κ3) is 3.96. The largest absolute Gasteiger partial charge is 0.335 e. The Hall–Kier alpha value is -0.600. The summed E-state index contributed by atoms with van der Waals surface area (Å²) in [5.74, 6) is -0.0713. The Bertz CT molecular complexity index is 760. The highest BCUT2D eigenvalue weighted by molar-refractivity contribution is 9.13. The number of nitrogens with one attached hydrogen (secondary N) is 1. The summed E-state index contributed by atoms with van der Waals surface area (Å²) in [6, 6.07) is 5.68. The zero-order valence-corrected chi connectivity index (χ0v) is 17.2. The van der Waals surface area contributed by atoms with Crippen molar-refractivity contribution in [3.63, 3.8) is 0 Å². The minimum absolute atomic E-state index is 0.0713. The second-order valence-corrected chi connectivity index (χ2v) is 7.92. The summed E-state index contributed by atoms with van der Waals surface area (Å²) in [5, 5.41) is 7.92. The number of amides is 1.